The predicted octanol–water partition coefficient (Wildman–Crippen LogP) is 3.49. The lowest BCUT2D eigenvalue weighted by Crippen LogP contribution is -2.42. The Morgan fingerprint density at radius 2 is 2.16 bits per heavy atom. The van der Waals surface area contributed by atoms with Gasteiger partial charge in [-0.25, -0.2) is 0 Å². The van der Waals surface area contributed by atoms with Crippen molar-refractivity contribution in [1.29, 1.82) is 0 Å². The largest absolute Gasteiger partial charge is 0.351 e. The Morgan fingerprint density at radius 1 is 1.32 bits per heavy atom. The quantitative estimate of drug-likeness (QED) is 0.833. The predicted molar refractivity (Wildman–Crippen MR) is 77.4 cm³/mol. The maximum Gasteiger partial charge on any atom is 0.270 e. The fourth-order valence-electron chi connectivity index (χ4n) is 2.91. The number of nitrogens with zero attached hydrogens (tertiary/aromatic N) is 1. The first-order valence-corrected chi connectivity index (χ1v) is 7.05. The number of amides is 1. The number of hydrogen-bond acceptors (Lipinski definition) is 1. The Morgan fingerprint density at radius 3 is 2.95 bits per heavy atom. The molecule has 1 atom stereocenters. The molecule has 1 amide bonds. The van der Waals surface area contributed by atoms with Gasteiger partial charge in [0, 0.05) is 23.5 Å². The van der Waals surface area contributed by atoms with Gasteiger partial charge in [0.15, 0.2) is 0 Å². The van der Waals surface area contributed by atoms with E-state index in [1.165, 1.54) is 12.0 Å². The van der Waals surface area contributed by atoms with Gasteiger partial charge in [0.1, 0.15) is 5.69 Å². The minimum atomic E-state index is 0.140. The third-order valence-corrected chi connectivity index (χ3v) is 4.07. The van der Waals surface area contributed by atoms with Crippen LogP contribution in [0.2, 0.25) is 0 Å². The number of aromatic nitrogens is 1. The molecule has 1 N–H and O–H groups in total. The number of carbonyl (C=O) groups is 1. The van der Waals surface area contributed by atoms with Crippen LogP contribution in [0.4, 0.5) is 0 Å². The number of likely N-dealkylation sites (tertiary alicyclic amines) is 1. The fourth-order valence-corrected chi connectivity index (χ4v) is 2.91. The molecule has 100 valence electrons. The van der Waals surface area contributed by atoms with E-state index in [9.17, 15) is 4.79 Å². The summed E-state index contributed by atoms with van der Waals surface area (Å²) in [5.41, 5.74) is 2.97. The van der Waals surface area contributed by atoms with Crippen molar-refractivity contribution in [3.05, 3.63) is 35.5 Å². The van der Waals surface area contributed by atoms with Gasteiger partial charge in [-0.1, -0.05) is 12.1 Å². The summed E-state index contributed by atoms with van der Waals surface area (Å²) in [7, 11) is 0. The topological polar surface area (TPSA) is 36.1 Å². The highest BCUT2D eigenvalue weighted by atomic mass is 16.2. The second-order valence-corrected chi connectivity index (χ2v) is 5.62. The fraction of sp³-hybridized carbons (Fsp3) is 0.438. The smallest absolute Gasteiger partial charge is 0.270 e. The molecule has 1 aromatic heterocycles. The van der Waals surface area contributed by atoms with E-state index < -0.39 is 0 Å². The third-order valence-electron chi connectivity index (χ3n) is 4.07. The van der Waals surface area contributed by atoms with E-state index in [-0.39, 0.29) is 5.91 Å². The lowest BCUT2D eigenvalue weighted by molar-refractivity contribution is 0.0630. The first-order valence-electron chi connectivity index (χ1n) is 7.05. The van der Waals surface area contributed by atoms with Gasteiger partial charge in [0.2, 0.25) is 0 Å². The first kappa shape index (κ1) is 12.3. The molecule has 1 aliphatic heterocycles. The molecule has 0 spiro atoms. The molecular formula is C16H20N2O. The number of fused-ring (bicyclic) bond motifs is 1. The molecule has 1 saturated heterocycles. The summed E-state index contributed by atoms with van der Waals surface area (Å²) in [6, 6.07) is 8.56. The Hall–Kier alpha value is -1.77. The SMILES string of the molecule is Cc1ccc2cc(C(=O)N3CCCCC3C)[nH]c2c1. The van der Waals surface area contributed by atoms with E-state index in [1.54, 1.807) is 0 Å². The van der Waals surface area contributed by atoms with E-state index in [0.29, 0.717) is 11.7 Å². The minimum Gasteiger partial charge on any atom is -0.351 e. The highest BCUT2D eigenvalue weighted by Crippen LogP contribution is 2.22. The number of H-pyrrole nitrogens is 1. The van der Waals surface area contributed by atoms with Gasteiger partial charge in [-0.05, 0) is 50.8 Å². The van der Waals surface area contributed by atoms with Crippen LogP contribution in [-0.4, -0.2) is 28.4 Å². The van der Waals surface area contributed by atoms with Gasteiger partial charge in [0.05, 0.1) is 0 Å². The second-order valence-electron chi connectivity index (χ2n) is 5.62. The molecule has 1 fully saturated rings. The zero-order chi connectivity index (χ0) is 13.4. The summed E-state index contributed by atoms with van der Waals surface area (Å²) >= 11 is 0. The molecule has 2 aromatic rings. The van der Waals surface area contributed by atoms with Gasteiger partial charge in [-0.15, -0.1) is 0 Å². The van der Waals surface area contributed by atoms with Crippen LogP contribution < -0.4 is 0 Å². The van der Waals surface area contributed by atoms with Crippen LogP contribution in [0.5, 0.6) is 0 Å². The molecule has 3 heteroatoms. The summed E-state index contributed by atoms with van der Waals surface area (Å²) in [6.45, 7) is 5.09. The number of aromatic amines is 1. The van der Waals surface area contributed by atoms with E-state index in [0.717, 1.165) is 30.3 Å². The first-order chi connectivity index (χ1) is 9.15. The van der Waals surface area contributed by atoms with Gasteiger partial charge in [-0.3, -0.25) is 4.79 Å². The number of nitrogens with one attached hydrogen (secondary N) is 1. The Kier molecular flexibility index (Phi) is 3.05. The van der Waals surface area contributed by atoms with Crippen LogP contribution in [0.1, 0.15) is 42.2 Å². The van der Waals surface area contributed by atoms with Crippen LogP contribution in [0.25, 0.3) is 10.9 Å². The monoisotopic (exact) mass is 256 g/mol. The number of hydrogen-bond donors (Lipinski definition) is 1. The number of rotatable bonds is 1. The number of carbonyl (C=O) groups excluding carboxylic acids is 1. The average molecular weight is 256 g/mol. The maximum absolute atomic E-state index is 12.6. The van der Waals surface area contributed by atoms with Crippen molar-refractivity contribution >= 4 is 16.8 Å². The highest BCUT2D eigenvalue weighted by molar-refractivity contribution is 5.98. The second kappa shape index (κ2) is 4.72. The van der Waals surface area contributed by atoms with Gasteiger partial charge >= 0.3 is 0 Å². The van der Waals surface area contributed by atoms with E-state index in [1.807, 2.05) is 11.0 Å². The van der Waals surface area contributed by atoms with Crippen LogP contribution in [-0.2, 0) is 0 Å². The summed E-state index contributed by atoms with van der Waals surface area (Å²) in [5.74, 6) is 0.140. The van der Waals surface area contributed by atoms with Crippen molar-refractivity contribution in [2.24, 2.45) is 0 Å². The normalized spacial score (nSPS) is 19.9. The Labute approximate surface area is 113 Å². The number of piperidine rings is 1. The van der Waals surface area contributed by atoms with E-state index >= 15 is 0 Å². The van der Waals surface area contributed by atoms with Crippen molar-refractivity contribution in [3.63, 3.8) is 0 Å². The number of aryl methyl sites for hydroxylation is 1. The third kappa shape index (κ3) is 2.25. The summed E-state index contributed by atoms with van der Waals surface area (Å²) in [6.07, 6.45) is 3.47. The highest BCUT2D eigenvalue weighted by Gasteiger charge is 2.25. The van der Waals surface area contributed by atoms with E-state index in [2.05, 4.69) is 37.0 Å². The van der Waals surface area contributed by atoms with Crippen LogP contribution in [0.3, 0.4) is 0 Å². The molecule has 0 saturated carbocycles. The zero-order valence-electron chi connectivity index (χ0n) is 11.6. The summed E-state index contributed by atoms with van der Waals surface area (Å²) < 4.78 is 0. The van der Waals surface area contributed by atoms with Gasteiger partial charge in [-0.2, -0.15) is 0 Å². The number of benzene rings is 1. The molecular weight excluding hydrogens is 236 g/mol. The maximum atomic E-state index is 12.6. The minimum absolute atomic E-state index is 0.140. The molecule has 1 aliphatic rings. The summed E-state index contributed by atoms with van der Waals surface area (Å²) in [4.78, 5) is 17.8. The van der Waals surface area contributed by atoms with Crippen molar-refractivity contribution in [2.75, 3.05) is 6.54 Å². The van der Waals surface area contributed by atoms with Crippen molar-refractivity contribution in [2.45, 2.75) is 39.2 Å². The molecule has 1 aromatic carbocycles. The molecule has 19 heavy (non-hydrogen) atoms. The van der Waals surface area contributed by atoms with Crippen molar-refractivity contribution in [1.82, 2.24) is 9.88 Å². The summed E-state index contributed by atoms with van der Waals surface area (Å²) in [5, 5.41) is 1.11. The van der Waals surface area contributed by atoms with Crippen LogP contribution in [0, 0.1) is 6.92 Å². The molecule has 0 aliphatic carbocycles. The van der Waals surface area contributed by atoms with E-state index in [4.69, 9.17) is 0 Å². The molecule has 1 unspecified atom stereocenters. The van der Waals surface area contributed by atoms with Gasteiger partial charge in [0.25, 0.3) is 5.91 Å². The average Bonchev–Trinajstić information content (AvgIpc) is 2.81. The van der Waals surface area contributed by atoms with Gasteiger partial charge < -0.3 is 9.88 Å². The molecule has 3 nitrogen and oxygen atoms in total. The standard InChI is InChI=1S/C16H20N2O/c1-11-6-7-13-10-15(17-14(13)9-11)16(19)18-8-4-3-5-12(18)2/h6-7,9-10,12,17H,3-5,8H2,1-2H3. The van der Waals surface area contributed by atoms with Crippen LogP contribution >= 0.6 is 0 Å². The molecule has 0 radical (unpaired) electrons. The Bertz CT molecular complexity index is 614. The Balaban J connectivity index is 1.92. The lowest BCUT2D eigenvalue weighted by Gasteiger charge is -2.33. The van der Waals surface area contributed by atoms with Crippen molar-refractivity contribution < 1.29 is 4.79 Å². The zero-order valence-corrected chi connectivity index (χ0v) is 11.6. The van der Waals surface area contributed by atoms with Crippen LogP contribution in [0.15, 0.2) is 24.3 Å². The molecule has 2 heterocycles. The molecule has 0 bridgehead atoms. The lowest BCUT2D eigenvalue weighted by atomic mass is 10.0. The van der Waals surface area contributed by atoms with Crippen molar-refractivity contribution in [3.8, 4) is 0 Å². The molecule has 3 rings (SSSR count).